The number of hydrogen-bond donors (Lipinski definition) is 3. The minimum atomic E-state index is -3.78. The molecule has 0 heterocycles. The van der Waals surface area contributed by atoms with Crippen LogP contribution in [0.25, 0.3) is 17.2 Å². The van der Waals surface area contributed by atoms with Gasteiger partial charge in [-0.15, -0.1) is 0 Å². The number of carbonyl (C=O) groups is 2. The first-order chi connectivity index (χ1) is 27.0. The van der Waals surface area contributed by atoms with Gasteiger partial charge in [0.2, 0.25) is 0 Å². The lowest BCUT2D eigenvalue weighted by Gasteiger charge is -2.15. The van der Waals surface area contributed by atoms with Crippen molar-refractivity contribution in [1.82, 2.24) is 0 Å². The SMILES string of the molecule is CCOS(=O)(=O)/C=C/c1ccc(COc2cc(COc3ccc(C(=O)O)c(O)c3)ccc2C(=O)Nc2ccc(Oc3ccc(-c4ccccc4)cc3)cc2)cc1. The van der Waals surface area contributed by atoms with E-state index in [9.17, 15) is 28.2 Å². The minimum Gasteiger partial charge on any atom is -0.507 e. The maximum absolute atomic E-state index is 13.6. The summed E-state index contributed by atoms with van der Waals surface area (Å²) in [7, 11) is -3.78. The Bertz CT molecular complexity index is 2430. The van der Waals surface area contributed by atoms with E-state index in [2.05, 4.69) is 5.32 Å². The summed E-state index contributed by atoms with van der Waals surface area (Å²) in [5.74, 6) is -0.355. The van der Waals surface area contributed by atoms with Gasteiger partial charge in [-0.25, -0.2) is 4.79 Å². The Hall–Kier alpha value is -6.89. The highest BCUT2D eigenvalue weighted by molar-refractivity contribution is 7.89. The third-order valence-electron chi connectivity index (χ3n) is 8.29. The average Bonchev–Trinajstić information content (AvgIpc) is 3.20. The molecule has 0 fully saturated rings. The Balaban J connectivity index is 1.15. The van der Waals surface area contributed by atoms with Gasteiger partial charge in [0.05, 0.1) is 17.6 Å². The van der Waals surface area contributed by atoms with E-state index < -0.39 is 27.7 Å². The molecular formula is C44H37NO10S. The molecule has 0 atom stereocenters. The molecule has 284 valence electrons. The number of benzene rings is 6. The number of phenols is 1. The van der Waals surface area contributed by atoms with Crippen molar-refractivity contribution >= 4 is 33.8 Å². The summed E-state index contributed by atoms with van der Waals surface area (Å²) in [6.07, 6.45) is 1.43. The number of aromatic hydroxyl groups is 1. The fourth-order valence-electron chi connectivity index (χ4n) is 5.45. The molecule has 3 N–H and O–H groups in total. The van der Waals surface area contributed by atoms with E-state index in [-0.39, 0.29) is 42.4 Å². The highest BCUT2D eigenvalue weighted by Crippen LogP contribution is 2.29. The number of amides is 1. The molecule has 1 amide bonds. The van der Waals surface area contributed by atoms with E-state index in [0.29, 0.717) is 28.3 Å². The lowest BCUT2D eigenvalue weighted by atomic mass is 10.1. The average molecular weight is 772 g/mol. The minimum absolute atomic E-state index is 0.0201. The lowest BCUT2D eigenvalue weighted by molar-refractivity contribution is 0.0693. The second-order valence-corrected chi connectivity index (χ2v) is 13.8. The van der Waals surface area contributed by atoms with E-state index in [1.807, 2.05) is 54.6 Å². The Labute approximate surface area is 324 Å². The van der Waals surface area contributed by atoms with Gasteiger partial charge in [-0.1, -0.05) is 72.8 Å². The maximum atomic E-state index is 13.6. The zero-order chi connectivity index (χ0) is 39.5. The van der Waals surface area contributed by atoms with E-state index in [1.165, 1.54) is 24.3 Å². The second-order valence-electron chi connectivity index (χ2n) is 12.3. The molecule has 12 heteroatoms. The normalized spacial score (nSPS) is 11.2. The van der Waals surface area contributed by atoms with Crippen molar-refractivity contribution in [3.63, 3.8) is 0 Å². The number of carbonyl (C=O) groups excluding carboxylic acids is 1. The van der Waals surface area contributed by atoms with Crippen LogP contribution in [0, 0.1) is 0 Å². The fourth-order valence-corrected chi connectivity index (χ4v) is 6.18. The highest BCUT2D eigenvalue weighted by atomic mass is 32.2. The van der Waals surface area contributed by atoms with Crippen molar-refractivity contribution in [3.8, 4) is 39.9 Å². The van der Waals surface area contributed by atoms with Gasteiger partial charge in [-0.3, -0.25) is 8.98 Å². The van der Waals surface area contributed by atoms with E-state index in [4.69, 9.17) is 18.4 Å². The number of hydrogen-bond acceptors (Lipinski definition) is 9. The predicted molar refractivity (Wildman–Crippen MR) is 213 cm³/mol. The summed E-state index contributed by atoms with van der Waals surface area (Å²) < 4.78 is 46.4. The van der Waals surface area contributed by atoms with Crippen LogP contribution in [0.4, 0.5) is 5.69 Å². The quantitative estimate of drug-likeness (QED) is 0.0810. The van der Waals surface area contributed by atoms with Crippen LogP contribution >= 0.6 is 0 Å². The Kier molecular flexibility index (Phi) is 12.4. The highest BCUT2D eigenvalue weighted by Gasteiger charge is 2.16. The third kappa shape index (κ3) is 10.6. The van der Waals surface area contributed by atoms with Crippen LogP contribution in [-0.4, -0.2) is 37.1 Å². The predicted octanol–water partition coefficient (Wildman–Crippen LogP) is 9.30. The van der Waals surface area contributed by atoms with Crippen LogP contribution in [0.3, 0.4) is 0 Å². The first kappa shape index (κ1) is 38.8. The molecule has 0 aliphatic heterocycles. The molecule has 0 radical (unpaired) electrons. The Morgan fingerprint density at radius 2 is 1.29 bits per heavy atom. The standard InChI is InChI=1S/C44H37NO10S/c1-2-54-56(50,51)25-24-30-8-10-31(11-9-30)28-53-42-26-32(29-52-38-21-23-39(44(48)49)41(46)27-38)12-22-40(42)43(47)45-35-15-19-37(20-16-35)55-36-17-13-34(14-18-36)33-6-4-3-5-7-33/h3-27,46H,2,28-29H2,1H3,(H,45,47)(H,48,49)/b25-24+. The van der Waals surface area contributed by atoms with Crippen molar-refractivity contribution in [1.29, 1.82) is 0 Å². The van der Waals surface area contributed by atoms with Crippen LogP contribution in [0.15, 0.2) is 145 Å². The van der Waals surface area contributed by atoms with Crippen molar-refractivity contribution in [3.05, 3.63) is 173 Å². The van der Waals surface area contributed by atoms with Gasteiger partial charge in [-0.2, -0.15) is 8.42 Å². The molecule has 56 heavy (non-hydrogen) atoms. The zero-order valence-corrected chi connectivity index (χ0v) is 30.9. The zero-order valence-electron chi connectivity index (χ0n) is 30.1. The van der Waals surface area contributed by atoms with E-state index in [0.717, 1.165) is 22.1 Å². The van der Waals surface area contributed by atoms with E-state index in [1.54, 1.807) is 73.7 Å². The summed E-state index contributed by atoms with van der Waals surface area (Å²) in [5.41, 5.74) is 4.73. The molecule has 0 saturated heterocycles. The first-order valence-electron chi connectivity index (χ1n) is 17.4. The molecular weight excluding hydrogens is 735 g/mol. The molecule has 0 spiro atoms. The molecule has 0 aromatic heterocycles. The summed E-state index contributed by atoms with van der Waals surface area (Å²) in [6, 6.07) is 40.7. The van der Waals surface area contributed by atoms with E-state index >= 15 is 0 Å². The maximum Gasteiger partial charge on any atom is 0.339 e. The van der Waals surface area contributed by atoms with Crippen LogP contribution in [-0.2, 0) is 27.5 Å². The monoisotopic (exact) mass is 771 g/mol. The Morgan fingerprint density at radius 1 is 0.679 bits per heavy atom. The van der Waals surface area contributed by atoms with Gasteiger partial charge in [0.25, 0.3) is 16.0 Å². The van der Waals surface area contributed by atoms with Gasteiger partial charge in [-0.05, 0) is 101 Å². The molecule has 0 bridgehead atoms. The number of carboxylic acids is 1. The summed E-state index contributed by atoms with van der Waals surface area (Å²) in [4.78, 5) is 24.9. The van der Waals surface area contributed by atoms with Gasteiger partial charge in [0.15, 0.2) is 0 Å². The number of carboxylic acid groups (broad SMARTS) is 1. The topological polar surface area (TPSA) is 158 Å². The fraction of sp³-hybridized carbons (Fsp3) is 0.0909. The molecule has 0 aliphatic rings. The van der Waals surface area contributed by atoms with Crippen LogP contribution in [0.2, 0.25) is 0 Å². The van der Waals surface area contributed by atoms with Gasteiger partial charge in [0, 0.05) is 11.8 Å². The largest absolute Gasteiger partial charge is 0.507 e. The van der Waals surface area contributed by atoms with Crippen molar-refractivity contribution in [2.24, 2.45) is 0 Å². The first-order valence-corrected chi connectivity index (χ1v) is 18.9. The molecule has 6 aromatic carbocycles. The number of anilines is 1. The summed E-state index contributed by atoms with van der Waals surface area (Å²) >= 11 is 0. The summed E-state index contributed by atoms with van der Waals surface area (Å²) in [5, 5.41) is 23.2. The van der Waals surface area contributed by atoms with Crippen LogP contribution in [0.5, 0.6) is 28.7 Å². The van der Waals surface area contributed by atoms with Crippen molar-refractivity contribution in [2.75, 3.05) is 11.9 Å². The molecule has 6 rings (SSSR count). The van der Waals surface area contributed by atoms with Crippen LogP contribution < -0.4 is 19.5 Å². The third-order valence-corrected chi connectivity index (χ3v) is 9.32. The summed E-state index contributed by atoms with van der Waals surface area (Å²) in [6.45, 7) is 1.72. The molecule has 0 saturated carbocycles. The van der Waals surface area contributed by atoms with Crippen molar-refractivity contribution < 1.29 is 46.6 Å². The molecule has 0 aliphatic carbocycles. The van der Waals surface area contributed by atoms with Crippen LogP contribution in [0.1, 0.15) is 44.3 Å². The molecule has 11 nitrogen and oxygen atoms in total. The number of ether oxygens (including phenoxy) is 3. The van der Waals surface area contributed by atoms with Gasteiger partial charge < -0.3 is 29.7 Å². The second kappa shape index (κ2) is 18.0. The van der Waals surface area contributed by atoms with Crippen molar-refractivity contribution in [2.45, 2.75) is 20.1 Å². The molecule has 6 aromatic rings. The lowest BCUT2D eigenvalue weighted by Crippen LogP contribution is -2.14. The smallest absolute Gasteiger partial charge is 0.339 e. The van der Waals surface area contributed by atoms with Gasteiger partial charge in [0.1, 0.15) is 47.5 Å². The van der Waals surface area contributed by atoms with Gasteiger partial charge >= 0.3 is 5.97 Å². The number of aromatic carboxylic acids is 1. The molecule has 0 unspecified atom stereocenters. The number of rotatable bonds is 16. The number of nitrogens with one attached hydrogen (secondary N) is 1. The Morgan fingerprint density at radius 3 is 1.95 bits per heavy atom.